The molecule has 0 unspecified atom stereocenters. The Labute approximate surface area is 101 Å². The van der Waals surface area contributed by atoms with Crippen LogP contribution in [0.5, 0.6) is 0 Å². The molecule has 0 bridgehead atoms. The largest absolute Gasteiger partial charge is 0.478 e. The maximum absolute atomic E-state index is 12.6. The SMILES string of the molecule is CCOCCc1ncc(C(=O)O)c(C(F)(F)F)n1. The van der Waals surface area contributed by atoms with E-state index in [1.807, 2.05) is 0 Å². The van der Waals surface area contributed by atoms with Gasteiger partial charge < -0.3 is 9.84 Å². The summed E-state index contributed by atoms with van der Waals surface area (Å²) in [7, 11) is 0. The third kappa shape index (κ3) is 3.66. The first kappa shape index (κ1) is 14.4. The van der Waals surface area contributed by atoms with Crippen LogP contribution >= 0.6 is 0 Å². The molecular formula is C10H11F3N2O3. The number of halogens is 3. The summed E-state index contributed by atoms with van der Waals surface area (Å²) in [6.45, 7) is 2.36. The number of carboxylic acids is 1. The van der Waals surface area contributed by atoms with Crippen LogP contribution in [-0.4, -0.2) is 34.3 Å². The lowest BCUT2D eigenvalue weighted by Gasteiger charge is -2.10. The van der Waals surface area contributed by atoms with Crippen LogP contribution in [0.15, 0.2) is 6.20 Å². The van der Waals surface area contributed by atoms with Crippen LogP contribution in [0.4, 0.5) is 13.2 Å². The number of hydrogen-bond acceptors (Lipinski definition) is 4. The predicted octanol–water partition coefficient (Wildman–Crippen LogP) is 1.77. The lowest BCUT2D eigenvalue weighted by molar-refractivity contribution is -0.141. The van der Waals surface area contributed by atoms with E-state index >= 15 is 0 Å². The summed E-state index contributed by atoms with van der Waals surface area (Å²) in [5.74, 6) is -1.81. The Hall–Kier alpha value is -1.70. The molecule has 0 spiro atoms. The Morgan fingerprint density at radius 1 is 1.50 bits per heavy atom. The average molecular weight is 264 g/mol. The topological polar surface area (TPSA) is 72.3 Å². The van der Waals surface area contributed by atoms with E-state index in [1.165, 1.54) is 0 Å². The normalized spacial score (nSPS) is 11.6. The smallest absolute Gasteiger partial charge is 0.434 e. The molecule has 0 fully saturated rings. The number of alkyl halides is 3. The van der Waals surface area contributed by atoms with Gasteiger partial charge in [-0.15, -0.1) is 0 Å². The molecule has 0 saturated heterocycles. The molecule has 0 aromatic carbocycles. The number of aromatic carboxylic acids is 1. The molecule has 0 aliphatic heterocycles. The van der Waals surface area contributed by atoms with Crippen molar-refractivity contribution >= 4 is 5.97 Å². The molecule has 0 aliphatic carbocycles. The van der Waals surface area contributed by atoms with Crippen LogP contribution in [-0.2, 0) is 17.3 Å². The van der Waals surface area contributed by atoms with Gasteiger partial charge >= 0.3 is 12.1 Å². The van der Waals surface area contributed by atoms with E-state index in [0.717, 1.165) is 0 Å². The van der Waals surface area contributed by atoms with Gasteiger partial charge in [0.2, 0.25) is 0 Å². The summed E-state index contributed by atoms with van der Waals surface area (Å²) in [6, 6.07) is 0. The minimum absolute atomic E-state index is 0.0941. The maximum atomic E-state index is 12.6. The van der Waals surface area contributed by atoms with E-state index in [1.54, 1.807) is 6.92 Å². The Balaban J connectivity index is 3.02. The fourth-order valence-electron chi connectivity index (χ4n) is 1.22. The van der Waals surface area contributed by atoms with Crippen LogP contribution < -0.4 is 0 Å². The maximum Gasteiger partial charge on any atom is 0.434 e. The summed E-state index contributed by atoms with van der Waals surface area (Å²) in [5.41, 5.74) is -2.39. The summed E-state index contributed by atoms with van der Waals surface area (Å²) >= 11 is 0. The fourth-order valence-corrected chi connectivity index (χ4v) is 1.22. The van der Waals surface area contributed by atoms with Gasteiger partial charge in [0.25, 0.3) is 0 Å². The Kier molecular flexibility index (Phi) is 4.60. The van der Waals surface area contributed by atoms with Crippen molar-refractivity contribution in [3.63, 3.8) is 0 Å². The number of nitrogens with zero attached hydrogens (tertiary/aromatic N) is 2. The van der Waals surface area contributed by atoms with Crippen molar-refractivity contribution in [1.29, 1.82) is 0 Å². The van der Waals surface area contributed by atoms with Crippen molar-refractivity contribution < 1.29 is 27.8 Å². The first-order valence-electron chi connectivity index (χ1n) is 5.10. The highest BCUT2D eigenvalue weighted by molar-refractivity contribution is 5.88. The predicted molar refractivity (Wildman–Crippen MR) is 54.2 cm³/mol. The third-order valence-corrected chi connectivity index (χ3v) is 2.01. The number of aromatic nitrogens is 2. The van der Waals surface area contributed by atoms with Crippen LogP contribution in [0.1, 0.15) is 28.8 Å². The van der Waals surface area contributed by atoms with Crippen LogP contribution in [0.3, 0.4) is 0 Å². The van der Waals surface area contributed by atoms with Gasteiger partial charge in [0, 0.05) is 19.2 Å². The number of hydrogen-bond donors (Lipinski definition) is 1. The number of rotatable bonds is 5. The number of carbonyl (C=O) groups is 1. The van der Waals surface area contributed by atoms with E-state index in [9.17, 15) is 18.0 Å². The zero-order valence-electron chi connectivity index (χ0n) is 9.49. The van der Waals surface area contributed by atoms with Gasteiger partial charge in [-0.05, 0) is 6.92 Å². The van der Waals surface area contributed by atoms with E-state index in [2.05, 4.69) is 9.97 Å². The lowest BCUT2D eigenvalue weighted by Crippen LogP contribution is -2.18. The molecule has 1 aromatic rings. The molecular weight excluding hydrogens is 253 g/mol. The Morgan fingerprint density at radius 3 is 2.67 bits per heavy atom. The van der Waals surface area contributed by atoms with Crippen LogP contribution in [0.25, 0.3) is 0 Å². The van der Waals surface area contributed by atoms with E-state index in [0.29, 0.717) is 12.8 Å². The summed E-state index contributed by atoms with van der Waals surface area (Å²) in [4.78, 5) is 17.4. The van der Waals surface area contributed by atoms with Crippen molar-refractivity contribution in [3.8, 4) is 0 Å². The second-order valence-electron chi connectivity index (χ2n) is 3.30. The second kappa shape index (κ2) is 5.76. The standard InChI is InChI=1S/C10H11F3N2O3/c1-2-18-4-3-7-14-5-6(9(16)17)8(15-7)10(11,12)13/h5H,2-4H2,1H3,(H,16,17). The third-order valence-electron chi connectivity index (χ3n) is 2.01. The van der Waals surface area contributed by atoms with Crippen molar-refractivity contribution in [3.05, 3.63) is 23.3 Å². The van der Waals surface area contributed by atoms with Gasteiger partial charge in [-0.1, -0.05) is 0 Å². The van der Waals surface area contributed by atoms with Gasteiger partial charge in [0.15, 0.2) is 5.69 Å². The Bertz CT molecular complexity index is 435. The molecule has 18 heavy (non-hydrogen) atoms. The molecule has 100 valence electrons. The zero-order chi connectivity index (χ0) is 13.8. The van der Waals surface area contributed by atoms with E-state index in [-0.39, 0.29) is 18.9 Å². The molecule has 1 aromatic heterocycles. The Morgan fingerprint density at radius 2 is 2.17 bits per heavy atom. The molecule has 0 radical (unpaired) electrons. The second-order valence-corrected chi connectivity index (χ2v) is 3.30. The first-order chi connectivity index (χ1) is 8.36. The van der Waals surface area contributed by atoms with Crippen molar-refractivity contribution in [2.24, 2.45) is 0 Å². The minimum atomic E-state index is -4.82. The van der Waals surface area contributed by atoms with E-state index in [4.69, 9.17) is 9.84 Å². The molecule has 1 N–H and O–H groups in total. The van der Waals surface area contributed by atoms with Crippen molar-refractivity contribution in [2.75, 3.05) is 13.2 Å². The van der Waals surface area contributed by atoms with Gasteiger partial charge in [0.05, 0.1) is 6.61 Å². The highest BCUT2D eigenvalue weighted by Crippen LogP contribution is 2.30. The molecule has 0 aliphatic rings. The highest BCUT2D eigenvalue weighted by atomic mass is 19.4. The van der Waals surface area contributed by atoms with Crippen molar-refractivity contribution in [1.82, 2.24) is 9.97 Å². The average Bonchev–Trinajstić information content (AvgIpc) is 2.28. The summed E-state index contributed by atoms with van der Waals surface area (Å²) < 4.78 is 42.7. The fraction of sp³-hybridized carbons (Fsp3) is 0.500. The molecule has 8 heteroatoms. The monoisotopic (exact) mass is 264 g/mol. The highest BCUT2D eigenvalue weighted by Gasteiger charge is 2.38. The van der Waals surface area contributed by atoms with Crippen LogP contribution in [0, 0.1) is 0 Å². The number of ether oxygens (including phenoxy) is 1. The molecule has 0 amide bonds. The van der Waals surface area contributed by atoms with Gasteiger partial charge in [-0.25, -0.2) is 14.8 Å². The first-order valence-corrected chi connectivity index (χ1v) is 5.10. The van der Waals surface area contributed by atoms with Gasteiger partial charge in [0.1, 0.15) is 11.4 Å². The molecule has 1 rings (SSSR count). The lowest BCUT2D eigenvalue weighted by atomic mass is 10.2. The quantitative estimate of drug-likeness (QED) is 0.820. The van der Waals surface area contributed by atoms with E-state index < -0.39 is 23.4 Å². The minimum Gasteiger partial charge on any atom is -0.478 e. The summed E-state index contributed by atoms with van der Waals surface area (Å²) in [5, 5.41) is 8.63. The van der Waals surface area contributed by atoms with Gasteiger partial charge in [-0.3, -0.25) is 0 Å². The molecule has 1 heterocycles. The zero-order valence-corrected chi connectivity index (χ0v) is 9.49. The summed E-state index contributed by atoms with van der Waals surface area (Å²) in [6.07, 6.45) is -4.06. The van der Waals surface area contributed by atoms with Crippen molar-refractivity contribution in [2.45, 2.75) is 19.5 Å². The number of carboxylic acid groups (broad SMARTS) is 1. The van der Waals surface area contributed by atoms with Crippen LogP contribution in [0.2, 0.25) is 0 Å². The van der Waals surface area contributed by atoms with Gasteiger partial charge in [-0.2, -0.15) is 13.2 Å². The molecule has 0 atom stereocenters. The molecule has 5 nitrogen and oxygen atoms in total. The molecule has 0 saturated carbocycles.